The van der Waals surface area contributed by atoms with Crippen molar-refractivity contribution in [1.82, 2.24) is 5.32 Å². The van der Waals surface area contributed by atoms with Crippen LogP contribution in [-0.4, -0.2) is 64.5 Å². The second kappa shape index (κ2) is 10.1. The van der Waals surface area contributed by atoms with Gasteiger partial charge in [-0.3, -0.25) is 4.79 Å². The van der Waals surface area contributed by atoms with Gasteiger partial charge in [-0.05, 0) is 44.0 Å². The van der Waals surface area contributed by atoms with Crippen LogP contribution in [-0.2, 0) is 22.5 Å². The molecule has 0 unspecified atom stereocenters. The molecule has 1 aromatic rings. The van der Waals surface area contributed by atoms with Crippen molar-refractivity contribution in [1.29, 1.82) is 0 Å². The molecule has 0 saturated carbocycles. The van der Waals surface area contributed by atoms with Gasteiger partial charge >= 0.3 is 0 Å². The number of fused-ring (bicyclic) bond motifs is 1. The zero-order valence-corrected chi connectivity index (χ0v) is 16.8. The van der Waals surface area contributed by atoms with Gasteiger partial charge in [0.25, 0.3) is 5.91 Å². The van der Waals surface area contributed by atoms with Crippen LogP contribution in [0.15, 0.2) is 18.2 Å². The van der Waals surface area contributed by atoms with Gasteiger partial charge < -0.3 is 24.6 Å². The predicted molar refractivity (Wildman–Crippen MR) is 104 cm³/mol. The summed E-state index contributed by atoms with van der Waals surface area (Å²) in [7, 11) is 0. The molecule has 3 rings (SSSR count). The Morgan fingerprint density at radius 3 is 2.78 bits per heavy atom. The average molecular weight is 378 g/mol. The summed E-state index contributed by atoms with van der Waals surface area (Å²) in [6, 6.07) is 6.63. The summed E-state index contributed by atoms with van der Waals surface area (Å²) >= 11 is 0. The number of hydrogen-bond donors (Lipinski definition) is 3. The van der Waals surface area contributed by atoms with Gasteiger partial charge in [0, 0.05) is 25.1 Å². The summed E-state index contributed by atoms with van der Waals surface area (Å²) in [4.78, 5) is 15.1. The van der Waals surface area contributed by atoms with Crippen LogP contribution in [0.2, 0.25) is 0 Å². The number of rotatable bonds is 9. The lowest BCUT2D eigenvalue weighted by Crippen LogP contribution is -3.28. The number of carbonyl (C=O) groups excluding carboxylic acids is 1. The molecule has 150 valence electrons. The first kappa shape index (κ1) is 20.1. The Hall–Kier alpha value is -1.63. The van der Waals surface area contributed by atoms with Gasteiger partial charge in [-0.15, -0.1) is 0 Å². The first-order chi connectivity index (χ1) is 13.1. The number of ether oxygens (including phenoxy) is 2. The third kappa shape index (κ3) is 6.48. The third-order valence-corrected chi connectivity index (χ3v) is 5.38. The van der Waals surface area contributed by atoms with E-state index < -0.39 is 0 Å². The molecule has 3 N–H and O–H groups in total. The van der Waals surface area contributed by atoms with Crippen molar-refractivity contribution >= 4 is 5.91 Å². The van der Waals surface area contributed by atoms with E-state index >= 15 is 0 Å². The Balaban J connectivity index is 1.31. The highest BCUT2D eigenvalue weighted by atomic mass is 16.5. The topological polar surface area (TPSA) is 56.4 Å². The fraction of sp³-hybridized carbons (Fsp3) is 0.667. The number of piperazine rings is 1. The zero-order valence-electron chi connectivity index (χ0n) is 16.8. The quantitative estimate of drug-likeness (QED) is 0.476. The van der Waals surface area contributed by atoms with Crippen LogP contribution in [0.25, 0.3) is 0 Å². The van der Waals surface area contributed by atoms with Gasteiger partial charge in [-0.2, -0.15) is 0 Å². The summed E-state index contributed by atoms with van der Waals surface area (Å²) in [6.07, 6.45) is 2.17. The van der Waals surface area contributed by atoms with Crippen molar-refractivity contribution < 1.29 is 24.1 Å². The average Bonchev–Trinajstić information content (AvgIpc) is 3.10. The molecule has 0 radical (unpaired) electrons. The molecule has 27 heavy (non-hydrogen) atoms. The Labute approximate surface area is 162 Å². The molecule has 0 spiro atoms. The van der Waals surface area contributed by atoms with Crippen LogP contribution in [0, 0.1) is 0 Å². The summed E-state index contributed by atoms with van der Waals surface area (Å²) in [5, 5.41) is 3.02. The largest absolute Gasteiger partial charge is 0.493 e. The minimum absolute atomic E-state index is 0.164. The fourth-order valence-corrected chi connectivity index (χ4v) is 3.86. The summed E-state index contributed by atoms with van der Waals surface area (Å²) in [5.41, 5.74) is 2.76. The molecule has 2 heterocycles. The lowest BCUT2D eigenvalue weighted by Gasteiger charge is -2.29. The van der Waals surface area contributed by atoms with Gasteiger partial charge in [0.2, 0.25) is 0 Å². The molecule has 2 aliphatic rings. The maximum Gasteiger partial charge on any atom is 0.275 e. The molecule has 6 heteroatoms. The zero-order chi connectivity index (χ0) is 19.1. The van der Waals surface area contributed by atoms with Crippen molar-refractivity contribution in [3.63, 3.8) is 0 Å². The van der Waals surface area contributed by atoms with E-state index in [0.29, 0.717) is 19.7 Å². The predicted octanol–water partition coefficient (Wildman–Crippen LogP) is -1.16. The molecule has 1 saturated heterocycles. The number of amides is 1. The van der Waals surface area contributed by atoms with Crippen molar-refractivity contribution in [3.05, 3.63) is 29.3 Å². The minimum Gasteiger partial charge on any atom is -0.493 e. The van der Waals surface area contributed by atoms with Crippen LogP contribution in [0.1, 0.15) is 31.4 Å². The monoisotopic (exact) mass is 377 g/mol. The highest BCUT2D eigenvalue weighted by Crippen LogP contribution is 2.25. The van der Waals surface area contributed by atoms with Gasteiger partial charge in [0.1, 0.15) is 38.5 Å². The Bertz CT molecular complexity index is 613. The summed E-state index contributed by atoms with van der Waals surface area (Å²) in [6.45, 7) is 12.3. The van der Waals surface area contributed by atoms with Gasteiger partial charge in [-0.25, -0.2) is 0 Å². The maximum absolute atomic E-state index is 12.1. The van der Waals surface area contributed by atoms with Crippen LogP contribution < -0.4 is 19.9 Å². The van der Waals surface area contributed by atoms with E-state index in [9.17, 15) is 4.79 Å². The Kier molecular flexibility index (Phi) is 7.50. The van der Waals surface area contributed by atoms with Crippen LogP contribution >= 0.6 is 0 Å². The second-order valence-electron chi connectivity index (χ2n) is 8.02. The molecule has 0 atom stereocenters. The van der Waals surface area contributed by atoms with E-state index in [1.165, 1.54) is 16.0 Å². The molecule has 1 aromatic carbocycles. The van der Waals surface area contributed by atoms with Crippen LogP contribution in [0.5, 0.6) is 5.75 Å². The number of benzene rings is 1. The SMILES string of the molecule is CC(C)OCCCNC(=O)C[NH+]1CC[NH+](Cc2ccc3c(c2)CCO3)CC1. The number of quaternary nitrogens is 2. The van der Waals surface area contributed by atoms with Crippen molar-refractivity contribution in [2.75, 3.05) is 52.5 Å². The third-order valence-electron chi connectivity index (χ3n) is 5.38. The van der Waals surface area contributed by atoms with E-state index in [0.717, 1.165) is 57.9 Å². The smallest absolute Gasteiger partial charge is 0.275 e. The fourth-order valence-electron chi connectivity index (χ4n) is 3.86. The second-order valence-corrected chi connectivity index (χ2v) is 8.02. The van der Waals surface area contributed by atoms with E-state index in [2.05, 4.69) is 23.5 Å². The van der Waals surface area contributed by atoms with Crippen LogP contribution in [0.3, 0.4) is 0 Å². The first-order valence-corrected chi connectivity index (χ1v) is 10.4. The maximum atomic E-state index is 12.1. The molecular weight excluding hydrogens is 342 g/mol. The van der Waals surface area contributed by atoms with Crippen LogP contribution in [0.4, 0.5) is 0 Å². The molecule has 1 fully saturated rings. The number of nitrogens with one attached hydrogen (secondary N) is 3. The highest BCUT2D eigenvalue weighted by molar-refractivity contribution is 5.76. The molecule has 0 aromatic heterocycles. The molecule has 2 aliphatic heterocycles. The molecular formula is C21H35N3O3+2. The standard InChI is InChI=1S/C21H33N3O3/c1-17(2)26-12-3-7-22-21(25)16-24-10-8-23(9-11-24)15-18-4-5-20-19(14-18)6-13-27-20/h4-5,14,17H,3,6-13,15-16H2,1-2H3,(H,22,25)/p+2. The normalized spacial score (nSPS) is 21.7. The van der Waals surface area contributed by atoms with Crippen molar-refractivity contribution in [3.8, 4) is 5.75 Å². The van der Waals surface area contributed by atoms with E-state index in [4.69, 9.17) is 9.47 Å². The lowest BCUT2D eigenvalue weighted by atomic mass is 10.1. The van der Waals surface area contributed by atoms with Gasteiger partial charge in [0.15, 0.2) is 6.54 Å². The number of hydrogen-bond acceptors (Lipinski definition) is 3. The molecule has 6 nitrogen and oxygen atoms in total. The highest BCUT2D eigenvalue weighted by Gasteiger charge is 2.25. The van der Waals surface area contributed by atoms with E-state index in [1.54, 1.807) is 4.90 Å². The van der Waals surface area contributed by atoms with Crippen molar-refractivity contribution in [2.24, 2.45) is 0 Å². The summed E-state index contributed by atoms with van der Waals surface area (Å²) < 4.78 is 11.1. The Morgan fingerprint density at radius 1 is 1.22 bits per heavy atom. The number of carbonyl (C=O) groups is 1. The summed E-state index contributed by atoms with van der Waals surface area (Å²) in [5.74, 6) is 1.22. The van der Waals surface area contributed by atoms with E-state index in [1.807, 2.05) is 13.8 Å². The van der Waals surface area contributed by atoms with Crippen molar-refractivity contribution in [2.45, 2.75) is 39.3 Å². The minimum atomic E-state index is 0.164. The molecule has 0 aliphatic carbocycles. The van der Waals surface area contributed by atoms with Gasteiger partial charge in [0.05, 0.1) is 12.7 Å². The van der Waals surface area contributed by atoms with Gasteiger partial charge in [-0.1, -0.05) is 0 Å². The Morgan fingerprint density at radius 2 is 2.00 bits per heavy atom. The molecule has 1 amide bonds. The lowest BCUT2D eigenvalue weighted by molar-refractivity contribution is -1.02. The molecule has 0 bridgehead atoms. The van der Waals surface area contributed by atoms with E-state index in [-0.39, 0.29) is 12.0 Å². The first-order valence-electron chi connectivity index (χ1n) is 10.4.